The fourth-order valence-corrected chi connectivity index (χ4v) is 10.9. The molecule has 0 aliphatic carbocycles. The van der Waals surface area contributed by atoms with Crippen LogP contribution in [0.1, 0.15) is 386 Å². The fourth-order valence-electron chi connectivity index (χ4n) is 10.9. The van der Waals surface area contributed by atoms with Crippen LogP contribution in [0.25, 0.3) is 0 Å². The Morgan fingerprint density at radius 2 is 0.622 bits per heavy atom. The van der Waals surface area contributed by atoms with E-state index in [1.54, 1.807) is 6.08 Å². The van der Waals surface area contributed by atoms with Crippen LogP contribution in [-0.4, -0.2) is 47.4 Å². The van der Waals surface area contributed by atoms with Crippen molar-refractivity contribution in [3.8, 4) is 0 Å². The molecule has 0 bridgehead atoms. The Bertz CT molecular complexity index is 1110. The number of hydrogen-bond donors (Lipinski definition) is 3. The van der Waals surface area contributed by atoms with Crippen molar-refractivity contribution < 1.29 is 24.5 Å². The van der Waals surface area contributed by atoms with E-state index in [9.17, 15) is 19.8 Å². The Morgan fingerprint density at radius 1 is 0.365 bits per heavy atom. The van der Waals surface area contributed by atoms with E-state index in [1.165, 1.54) is 321 Å². The minimum absolute atomic E-state index is 0.0153. The first kappa shape index (κ1) is 72.6. The molecule has 0 aliphatic heterocycles. The number of amides is 1. The molecule has 0 aliphatic rings. The maximum absolute atomic E-state index is 12.5. The van der Waals surface area contributed by atoms with Crippen molar-refractivity contribution in [2.45, 2.75) is 398 Å². The summed E-state index contributed by atoms with van der Waals surface area (Å²) in [5.74, 6) is -0.0483. The molecule has 6 heteroatoms. The Hall–Kier alpha value is -1.40. The van der Waals surface area contributed by atoms with Gasteiger partial charge in [0.05, 0.1) is 25.4 Å². The number of aliphatic hydroxyl groups excluding tert-OH is 2. The van der Waals surface area contributed by atoms with Crippen molar-refractivity contribution in [2.24, 2.45) is 0 Å². The lowest BCUT2D eigenvalue weighted by Crippen LogP contribution is -2.45. The molecule has 0 spiro atoms. The van der Waals surface area contributed by atoms with E-state index >= 15 is 0 Å². The first-order valence-electron chi connectivity index (χ1n) is 34.0. The van der Waals surface area contributed by atoms with Crippen LogP contribution in [0, 0.1) is 0 Å². The second-order valence-corrected chi connectivity index (χ2v) is 23.5. The summed E-state index contributed by atoms with van der Waals surface area (Å²) in [5.41, 5.74) is 0. The zero-order chi connectivity index (χ0) is 53.6. The average molecular weight is 1040 g/mol. The quantitative estimate of drug-likeness (QED) is 0.0320. The Balaban J connectivity index is 3.40. The molecule has 440 valence electrons. The van der Waals surface area contributed by atoms with Crippen molar-refractivity contribution in [3.63, 3.8) is 0 Å². The number of esters is 1. The summed E-state index contributed by atoms with van der Waals surface area (Å²) in [5, 5.41) is 23.2. The molecular weight excluding hydrogens is 911 g/mol. The van der Waals surface area contributed by atoms with Gasteiger partial charge in [0.2, 0.25) is 5.91 Å². The number of nitrogens with one attached hydrogen (secondary N) is 1. The van der Waals surface area contributed by atoms with E-state index in [0.29, 0.717) is 19.4 Å². The molecule has 3 N–H and O–H groups in total. The molecule has 2 unspecified atom stereocenters. The Labute approximate surface area is 463 Å². The van der Waals surface area contributed by atoms with Crippen molar-refractivity contribution >= 4 is 11.9 Å². The highest BCUT2D eigenvalue weighted by Crippen LogP contribution is 2.19. The summed E-state index contributed by atoms with van der Waals surface area (Å²) >= 11 is 0. The van der Waals surface area contributed by atoms with E-state index < -0.39 is 12.1 Å². The minimum atomic E-state index is -0.845. The third-order valence-corrected chi connectivity index (χ3v) is 16.1. The lowest BCUT2D eigenvalue weighted by atomic mass is 10.0. The van der Waals surface area contributed by atoms with E-state index in [4.69, 9.17) is 4.74 Å². The summed E-state index contributed by atoms with van der Waals surface area (Å²) in [7, 11) is 0. The summed E-state index contributed by atoms with van der Waals surface area (Å²) in [4.78, 5) is 24.6. The number of carbonyl (C=O) groups is 2. The summed E-state index contributed by atoms with van der Waals surface area (Å²) in [6.07, 6.45) is 78.4. The van der Waals surface area contributed by atoms with Gasteiger partial charge < -0.3 is 20.3 Å². The van der Waals surface area contributed by atoms with Crippen molar-refractivity contribution in [2.75, 3.05) is 13.2 Å². The first-order chi connectivity index (χ1) is 36.5. The third kappa shape index (κ3) is 59.8. The maximum atomic E-state index is 12.5. The molecule has 2 atom stereocenters. The number of carbonyl (C=O) groups excluding carboxylic acids is 2. The lowest BCUT2D eigenvalue weighted by molar-refractivity contribution is -0.143. The summed E-state index contributed by atoms with van der Waals surface area (Å²) < 4.78 is 5.49. The number of unbranched alkanes of at least 4 members (excludes halogenated alkanes) is 53. The van der Waals surface area contributed by atoms with Gasteiger partial charge in [0.15, 0.2) is 0 Å². The van der Waals surface area contributed by atoms with Gasteiger partial charge in [-0.25, -0.2) is 0 Å². The minimum Gasteiger partial charge on any atom is -0.466 e. The van der Waals surface area contributed by atoms with E-state index in [-0.39, 0.29) is 18.5 Å². The smallest absolute Gasteiger partial charge is 0.305 e. The number of rotatable bonds is 64. The topological polar surface area (TPSA) is 95.9 Å². The molecule has 0 radical (unpaired) electrons. The molecule has 1 amide bonds. The zero-order valence-corrected chi connectivity index (χ0v) is 50.4. The van der Waals surface area contributed by atoms with Crippen molar-refractivity contribution in [1.29, 1.82) is 0 Å². The molecule has 6 nitrogen and oxygen atoms in total. The average Bonchev–Trinajstić information content (AvgIpc) is 3.40. The molecule has 0 fully saturated rings. The van der Waals surface area contributed by atoms with Crippen LogP contribution >= 0.6 is 0 Å². The van der Waals surface area contributed by atoms with Gasteiger partial charge in [-0.1, -0.05) is 353 Å². The van der Waals surface area contributed by atoms with E-state index in [2.05, 4.69) is 19.2 Å². The van der Waals surface area contributed by atoms with Gasteiger partial charge in [-0.3, -0.25) is 9.59 Å². The summed E-state index contributed by atoms with van der Waals surface area (Å²) in [6, 6.07) is -0.628. The number of aliphatic hydroxyl groups is 2. The highest BCUT2D eigenvalue weighted by molar-refractivity contribution is 5.76. The molecule has 0 aromatic rings. The molecule has 74 heavy (non-hydrogen) atoms. The second-order valence-electron chi connectivity index (χ2n) is 23.5. The van der Waals surface area contributed by atoms with Crippen molar-refractivity contribution in [1.82, 2.24) is 5.32 Å². The van der Waals surface area contributed by atoms with E-state index in [1.807, 2.05) is 6.08 Å². The molecule has 0 rings (SSSR count). The molecule has 0 heterocycles. The van der Waals surface area contributed by atoms with Crippen LogP contribution in [0.4, 0.5) is 0 Å². The highest BCUT2D eigenvalue weighted by Gasteiger charge is 2.18. The highest BCUT2D eigenvalue weighted by atomic mass is 16.5. The SMILES string of the molecule is CCCCCCCCCCCCCCCCCCCCCC/C=C/C(O)C(CO)NC(=O)CCCCCCCCCCCCCCCCCCCCCCCCOC(=O)CCCCCCCCCCCCCCC. The van der Waals surface area contributed by atoms with Gasteiger partial charge in [0.1, 0.15) is 0 Å². The molecular formula is C68H133NO5. The largest absolute Gasteiger partial charge is 0.466 e. The van der Waals surface area contributed by atoms with E-state index in [0.717, 1.165) is 38.5 Å². The number of hydrogen-bond acceptors (Lipinski definition) is 5. The van der Waals surface area contributed by atoms with Crippen LogP contribution < -0.4 is 5.32 Å². The van der Waals surface area contributed by atoms with Gasteiger partial charge in [-0.2, -0.15) is 0 Å². The third-order valence-electron chi connectivity index (χ3n) is 16.1. The Morgan fingerprint density at radius 3 is 0.919 bits per heavy atom. The summed E-state index contributed by atoms with van der Waals surface area (Å²) in [6.45, 7) is 4.94. The molecule has 0 aromatic heterocycles. The van der Waals surface area contributed by atoms with Crippen LogP contribution in [0.2, 0.25) is 0 Å². The lowest BCUT2D eigenvalue weighted by Gasteiger charge is -2.20. The maximum Gasteiger partial charge on any atom is 0.305 e. The Kier molecular flexibility index (Phi) is 62.9. The first-order valence-corrected chi connectivity index (χ1v) is 34.0. The number of ether oxygens (including phenoxy) is 1. The van der Waals surface area contributed by atoms with Gasteiger partial charge in [-0.15, -0.1) is 0 Å². The van der Waals surface area contributed by atoms with Crippen LogP contribution in [0.5, 0.6) is 0 Å². The van der Waals surface area contributed by atoms with Gasteiger partial charge in [0.25, 0.3) is 0 Å². The second kappa shape index (κ2) is 64.1. The van der Waals surface area contributed by atoms with Gasteiger partial charge in [-0.05, 0) is 32.1 Å². The van der Waals surface area contributed by atoms with Gasteiger partial charge in [0, 0.05) is 12.8 Å². The monoisotopic (exact) mass is 1040 g/mol. The molecule has 0 saturated carbocycles. The normalized spacial score (nSPS) is 12.5. The molecule has 0 saturated heterocycles. The van der Waals surface area contributed by atoms with Gasteiger partial charge >= 0.3 is 5.97 Å². The predicted octanol–water partition coefficient (Wildman–Crippen LogP) is 21.6. The predicted molar refractivity (Wildman–Crippen MR) is 324 cm³/mol. The van der Waals surface area contributed by atoms with Crippen LogP contribution in [0.3, 0.4) is 0 Å². The fraction of sp³-hybridized carbons (Fsp3) is 0.941. The zero-order valence-electron chi connectivity index (χ0n) is 50.4. The molecule has 0 aromatic carbocycles. The standard InChI is InChI=1S/C68H133NO5/c1-3-5-7-9-11-13-15-17-18-19-20-21-24-27-30-33-37-40-44-48-52-56-60-66(71)65(64-70)69-67(72)61-57-53-49-45-41-38-34-31-28-25-22-23-26-29-32-35-39-43-47-51-55-59-63-74-68(73)62-58-54-50-46-42-36-16-14-12-10-8-6-4-2/h56,60,65-66,70-71H,3-55,57-59,61-64H2,1-2H3,(H,69,72)/b60-56+. The number of allylic oxidation sites excluding steroid dienone is 1. The van der Waals surface area contributed by atoms with Crippen LogP contribution in [0.15, 0.2) is 12.2 Å². The van der Waals surface area contributed by atoms with Crippen LogP contribution in [-0.2, 0) is 14.3 Å². The van der Waals surface area contributed by atoms with Crippen molar-refractivity contribution in [3.05, 3.63) is 12.2 Å².